The third-order valence-corrected chi connectivity index (χ3v) is 5.67. The van der Waals surface area contributed by atoms with Gasteiger partial charge in [-0.25, -0.2) is 0 Å². The van der Waals surface area contributed by atoms with Gasteiger partial charge in [0, 0.05) is 13.2 Å². The number of unbranched alkanes of at least 4 members (excludes halogenated alkanes) is 7. The molecule has 0 amide bonds. The molecule has 2 N–H and O–H groups in total. The lowest BCUT2D eigenvalue weighted by Gasteiger charge is -2.18. The monoisotopic (exact) mass is 370 g/mol. The Bertz CT molecular complexity index is 398. The number of aliphatic carboxylic acids is 2. The largest absolute Gasteiger partial charge is 0.481 e. The van der Waals surface area contributed by atoms with Gasteiger partial charge in [0.25, 0.3) is 0 Å². The minimum atomic E-state index is -0.708. The van der Waals surface area contributed by atoms with Gasteiger partial charge in [0.1, 0.15) is 0 Å². The fourth-order valence-corrected chi connectivity index (χ4v) is 3.25. The van der Waals surface area contributed by atoms with Gasteiger partial charge < -0.3 is 14.9 Å². The Morgan fingerprint density at radius 1 is 0.846 bits per heavy atom. The zero-order valence-electron chi connectivity index (χ0n) is 16.7. The van der Waals surface area contributed by atoms with E-state index in [1.54, 1.807) is 13.8 Å². The predicted octanol–water partition coefficient (Wildman–Crippen LogP) is 5.27. The van der Waals surface area contributed by atoms with Crippen molar-refractivity contribution in [1.82, 2.24) is 0 Å². The Hall–Kier alpha value is -1.10. The molecule has 0 saturated heterocycles. The smallest absolute Gasteiger partial charge is 0.309 e. The molecular formula is C21H38O5. The van der Waals surface area contributed by atoms with E-state index in [4.69, 9.17) is 14.9 Å². The number of ether oxygens (including phenoxy) is 1. The van der Waals surface area contributed by atoms with E-state index in [2.05, 4.69) is 0 Å². The Balaban J connectivity index is 1.79. The summed E-state index contributed by atoms with van der Waals surface area (Å²) < 4.78 is 5.65. The number of hydrogen-bond acceptors (Lipinski definition) is 3. The second-order valence-corrected chi connectivity index (χ2v) is 8.57. The van der Waals surface area contributed by atoms with Crippen LogP contribution in [0.15, 0.2) is 0 Å². The van der Waals surface area contributed by atoms with Crippen molar-refractivity contribution in [3.63, 3.8) is 0 Å². The Labute approximate surface area is 158 Å². The van der Waals surface area contributed by atoms with Crippen molar-refractivity contribution in [1.29, 1.82) is 0 Å². The zero-order valence-corrected chi connectivity index (χ0v) is 16.7. The number of carboxylic acid groups (broad SMARTS) is 2. The molecule has 152 valence electrons. The van der Waals surface area contributed by atoms with E-state index in [1.807, 2.05) is 0 Å². The van der Waals surface area contributed by atoms with E-state index in [9.17, 15) is 9.59 Å². The van der Waals surface area contributed by atoms with Gasteiger partial charge in [-0.2, -0.15) is 0 Å². The Kier molecular flexibility index (Phi) is 10.2. The molecule has 0 atom stereocenters. The molecule has 0 aromatic rings. The highest BCUT2D eigenvalue weighted by Gasteiger charge is 2.49. The molecule has 1 rings (SSSR count). The second kappa shape index (κ2) is 11.6. The van der Waals surface area contributed by atoms with E-state index in [0.29, 0.717) is 0 Å². The second-order valence-electron chi connectivity index (χ2n) is 8.57. The summed E-state index contributed by atoms with van der Waals surface area (Å²) in [4.78, 5) is 22.1. The molecular weight excluding hydrogens is 332 g/mol. The maximum atomic E-state index is 11.1. The first-order valence-electron chi connectivity index (χ1n) is 10.3. The predicted molar refractivity (Wildman–Crippen MR) is 102 cm³/mol. The maximum Gasteiger partial charge on any atom is 0.309 e. The minimum Gasteiger partial charge on any atom is -0.481 e. The van der Waals surface area contributed by atoms with E-state index in [1.165, 1.54) is 0 Å². The highest BCUT2D eigenvalue weighted by molar-refractivity contribution is 5.77. The SMILES string of the molecule is CC(C)(CCCCCCCOCCCCCCC1(C(=O)O)CC1)C(=O)O. The van der Waals surface area contributed by atoms with Crippen molar-refractivity contribution in [2.45, 2.75) is 97.3 Å². The molecule has 0 aromatic heterocycles. The normalized spacial score (nSPS) is 15.8. The van der Waals surface area contributed by atoms with Crippen LogP contribution in [-0.4, -0.2) is 35.4 Å². The van der Waals surface area contributed by atoms with Crippen molar-refractivity contribution < 1.29 is 24.5 Å². The molecule has 0 radical (unpaired) electrons. The first-order chi connectivity index (χ1) is 12.3. The first-order valence-corrected chi connectivity index (χ1v) is 10.3. The standard InChI is InChI=1S/C21H38O5/c1-20(2,18(22)23)12-8-4-3-6-10-16-26-17-11-7-5-9-13-21(14-15-21)19(24)25/h3-17H2,1-2H3,(H,22,23)(H,24,25). The van der Waals surface area contributed by atoms with Gasteiger partial charge in [0.2, 0.25) is 0 Å². The van der Waals surface area contributed by atoms with Crippen LogP contribution < -0.4 is 0 Å². The summed E-state index contributed by atoms with van der Waals surface area (Å²) in [5, 5.41) is 18.2. The first kappa shape index (κ1) is 22.9. The summed E-state index contributed by atoms with van der Waals surface area (Å²) in [7, 11) is 0. The average molecular weight is 371 g/mol. The molecule has 0 heterocycles. The van der Waals surface area contributed by atoms with Gasteiger partial charge >= 0.3 is 11.9 Å². The zero-order chi connectivity index (χ0) is 19.5. The van der Waals surface area contributed by atoms with Crippen LogP contribution in [0.25, 0.3) is 0 Å². The van der Waals surface area contributed by atoms with Crippen LogP contribution in [0.4, 0.5) is 0 Å². The summed E-state index contributed by atoms with van der Waals surface area (Å²) >= 11 is 0. The third-order valence-electron chi connectivity index (χ3n) is 5.67. The fraction of sp³-hybridized carbons (Fsp3) is 0.905. The van der Waals surface area contributed by atoms with Gasteiger partial charge in [-0.15, -0.1) is 0 Å². The fourth-order valence-electron chi connectivity index (χ4n) is 3.25. The van der Waals surface area contributed by atoms with Crippen LogP contribution in [0.5, 0.6) is 0 Å². The quantitative estimate of drug-likeness (QED) is 0.341. The van der Waals surface area contributed by atoms with Crippen LogP contribution in [-0.2, 0) is 14.3 Å². The Morgan fingerprint density at radius 2 is 1.35 bits per heavy atom. The molecule has 1 saturated carbocycles. The molecule has 0 spiro atoms. The van der Waals surface area contributed by atoms with Gasteiger partial charge in [-0.1, -0.05) is 44.9 Å². The molecule has 26 heavy (non-hydrogen) atoms. The lowest BCUT2D eigenvalue weighted by molar-refractivity contribution is -0.147. The lowest BCUT2D eigenvalue weighted by atomic mass is 9.87. The van der Waals surface area contributed by atoms with Crippen LogP contribution >= 0.6 is 0 Å². The molecule has 0 unspecified atom stereocenters. The number of carboxylic acids is 2. The van der Waals surface area contributed by atoms with E-state index in [-0.39, 0.29) is 5.41 Å². The average Bonchev–Trinajstić information content (AvgIpc) is 3.36. The van der Waals surface area contributed by atoms with Crippen molar-refractivity contribution in [3.05, 3.63) is 0 Å². The minimum absolute atomic E-state index is 0.361. The van der Waals surface area contributed by atoms with Gasteiger partial charge in [0.15, 0.2) is 0 Å². The summed E-state index contributed by atoms with van der Waals surface area (Å²) in [6.07, 6.45) is 13.0. The topological polar surface area (TPSA) is 83.8 Å². The van der Waals surface area contributed by atoms with Crippen molar-refractivity contribution in [2.24, 2.45) is 10.8 Å². The molecule has 0 bridgehead atoms. The van der Waals surface area contributed by atoms with E-state index < -0.39 is 17.4 Å². The molecule has 1 aliphatic carbocycles. The van der Waals surface area contributed by atoms with Crippen molar-refractivity contribution in [3.8, 4) is 0 Å². The maximum absolute atomic E-state index is 11.1. The number of rotatable bonds is 17. The third kappa shape index (κ3) is 9.02. The van der Waals surface area contributed by atoms with E-state index in [0.717, 1.165) is 96.7 Å². The highest BCUT2D eigenvalue weighted by atomic mass is 16.5. The summed E-state index contributed by atoms with van der Waals surface area (Å²) in [6.45, 7) is 5.19. The molecule has 1 aliphatic rings. The van der Waals surface area contributed by atoms with Crippen molar-refractivity contribution >= 4 is 11.9 Å². The van der Waals surface area contributed by atoms with Crippen LogP contribution in [0.1, 0.15) is 97.3 Å². The highest BCUT2D eigenvalue weighted by Crippen LogP contribution is 2.50. The lowest BCUT2D eigenvalue weighted by Crippen LogP contribution is -2.23. The molecule has 5 nitrogen and oxygen atoms in total. The van der Waals surface area contributed by atoms with Gasteiger partial charge in [-0.05, 0) is 52.4 Å². The number of carbonyl (C=O) groups is 2. The summed E-state index contributed by atoms with van der Waals surface area (Å²) in [5.74, 6) is -1.31. The Morgan fingerprint density at radius 3 is 1.85 bits per heavy atom. The van der Waals surface area contributed by atoms with Crippen LogP contribution in [0.2, 0.25) is 0 Å². The number of hydrogen-bond donors (Lipinski definition) is 2. The molecule has 1 fully saturated rings. The van der Waals surface area contributed by atoms with Gasteiger partial charge in [-0.3, -0.25) is 9.59 Å². The molecule has 5 heteroatoms. The summed E-state index contributed by atoms with van der Waals surface area (Å²) in [5.41, 5.74) is -0.962. The van der Waals surface area contributed by atoms with Crippen LogP contribution in [0, 0.1) is 10.8 Å². The summed E-state index contributed by atoms with van der Waals surface area (Å²) in [6, 6.07) is 0. The van der Waals surface area contributed by atoms with Gasteiger partial charge in [0.05, 0.1) is 10.8 Å². The van der Waals surface area contributed by atoms with Crippen molar-refractivity contribution in [2.75, 3.05) is 13.2 Å². The molecule has 0 aliphatic heterocycles. The molecule has 0 aromatic carbocycles. The van der Waals surface area contributed by atoms with Crippen LogP contribution in [0.3, 0.4) is 0 Å². The van der Waals surface area contributed by atoms with E-state index >= 15 is 0 Å².